The Bertz CT molecular complexity index is 582. The van der Waals surface area contributed by atoms with Gasteiger partial charge >= 0.3 is 5.97 Å². The molecule has 0 amide bonds. The van der Waals surface area contributed by atoms with E-state index in [4.69, 9.17) is 0 Å². The van der Waals surface area contributed by atoms with Crippen molar-refractivity contribution in [2.75, 3.05) is 0 Å². The van der Waals surface area contributed by atoms with Gasteiger partial charge in [0.25, 0.3) is 0 Å². The summed E-state index contributed by atoms with van der Waals surface area (Å²) < 4.78 is 0. The molecule has 1 N–H and O–H groups in total. The molecule has 2 aromatic rings. The maximum atomic E-state index is 11.3. The minimum atomic E-state index is -0.923. The molecule has 0 radical (unpaired) electrons. The first-order valence-corrected chi connectivity index (χ1v) is 5.53. The van der Waals surface area contributed by atoms with Crippen LogP contribution < -0.4 is 0 Å². The van der Waals surface area contributed by atoms with Gasteiger partial charge < -0.3 is 5.11 Å². The van der Waals surface area contributed by atoms with Crippen molar-refractivity contribution < 1.29 is 9.90 Å². The predicted octanol–water partition coefficient (Wildman–Crippen LogP) is 3.23. The third-order valence-corrected chi connectivity index (χ3v) is 2.76. The zero-order valence-electron chi connectivity index (χ0n) is 10.2. The number of pyridine rings is 1. The standard InChI is InChI=1S/C14H15NO2/c1-14(2,3)12-9-6-4-5-7-11(9)15-8-10(12)13(16)17/h4-8H,1-3H3,(H,16,17). The lowest BCUT2D eigenvalue weighted by atomic mass is 9.82. The highest BCUT2D eigenvalue weighted by Gasteiger charge is 2.24. The topological polar surface area (TPSA) is 50.2 Å². The van der Waals surface area contributed by atoms with Crippen molar-refractivity contribution in [3.8, 4) is 0 Å². The zero-order valence-corrected chi connectivity index (χ0v) is 10.2. The van der Waals surface area contributed by atoms with E-state index in [1.807, 2.05) is 45.0 Å². The molecule has 1 aromatic heterocycles. The molecule has 88 valence electrons. The van der Waals surface area contributed by atoms with E-state index in [1.54, 1.807) is 0 Å². The van der Waals surface area contributed by atoms with Gasteiger partial charge in [-0.15, -0.1) is 0 Å². The van der Waals surface area contributed by atoms with Crippen LogP contribution in [0.1, 0.15) is 36.7 Å². The second-order valence-electron chi connectivity index (χ2n) is 5.12. The number of fused-ring (bicyclic) bond motifs is 1. The van der Waals surface area contributed by atoms with Crippen LogP contribution in [0.3, 0.4) is 0 Å². The van der Waals surface area contributed by atoms with Crippen LogP contribution >= 0.6 is 0 Å². The van der Waals surface area contributed by atoms with E-state index in [0.29, 0.717) is 0 Å². The number of benzene rings is 1. The fourth-order valence-electron chi connectivity index (χ4n) is 2.11. The van der Waals surface area contributed by atoms with Gasteiger partial charge in [-0.1, -0.05) is 39.0 Å². The molecule has 1 heterocycles. The van der Waals surface area contributed by atoms with E-state index in [2.05, 4.69) is 4.98 Å². The molecule has 0 spiro atoms. The van der Waals surface area contributed by atoms with E-state index in [1.165, 1.54) is 6.20 Å². The molecule has 17 heavy (non-hydrogen) atoms. The van der Waals surface area contributed by atoms with E-state index in [0.717, 1.165) is 16.5 Å². The first-order valence-electron chi connectivity index (χ1n) is 5.53. The Morgan fingerprint density at radius 2 is 1.88 bits per heavy atom. The number of aromatic nitrogens is 1. The molecule has 3 nitrogen and oxygen atoms in total. The molecule has 0 fully saturated rings. The average molecular weight is 229 g/mol. The molecule has 3 heteroatoms. The Morgan fingerprint density at radius 1 is 1.24 bits per heavy atom. The van der Waals surface area contributed by atoms with Gasteiger partial charge in [0.1, 0.15) is 0 Å². The number of carboxylic acids is 1. The minimum Gasteiger partial charge on any atom is -0.478 e. The Labute approximate surface area is 100 Å². The van der Waals surface area contributed by atoms with Crippen molar-refractivity contribution in [2.45, 2.75) is 26.2 Å². The van der Waals surface area contributed by atoms with Gasteiger partial charge in [-0.25, -0.2) is 4.79 Å². The van der Waals surface area contributed by atoms with Gasteiger partial charge in [0.2, 0.25) is 0 Å². The van der Waals surface area contributed by atoms with E-state index in [9.17, 15) is 9.90 Å². The second-order valence-corrected chi connectivity index (χ2v) is 5.12. The van der Waals surface area contributed by atoms with Crippen LogP contribution in [0.25, 0.3) is 10.9 Å². The lowest BCUT2D eigenvalue weighted by Gasteiger charge is -2.23. The summed E-state index contributed by atoms with van der Waals surface area (Å²) in [6.07, 6.45) is 1.45. The Hall–Kier alpha value is -1.90. The molecule has 0 aliphatic rings. The van der Waals surface area contributed by atoms with Gasteiger partial charge in [0.15, 0.2) is 0 Å². The molecule has 0 bridgehead atoms. The summed E-state index contributed by atoms with van der Waals surface area (Å²) in [6.45, 7) is 6.05. The molecule has 0 atom stereocenters. The number of aromatic carboxylic acids is 1. The van der Waals surface area contributed by atoms with Crippen molar-refractivity contribution in [3.63, 3.8) is 0 Å². The summed E-state index contributed by atoms with van der Waals surface area (Å²) in [4.78, 5) is 15.5. The molecular formula is C14H15NO2. The fraction of sp³-hybridized carbons (Fsp3) is 0.286. The molecule has 1 aromatic carbocycles. The van der Waals surface area contributed by atoms with Crippen LogP contribution in [0, 0.1) is 0 Å². The maximum Gasteiger partial charge on any atom is 0.337 e. The second kappa shape index (κ2) is 3.84. The maximum absolute atomic E-state index is 11.3. The molecule has 0 unspecified atom stereocenters. The Morgan fingerprint density at radius 3 is 2.47 bits per heavy atom. The largest absolute Gasteiger partial charge is 0.478 e. The fourth-order valence-corrected chi connectivity index (χ4v) is 2.11. The lowest BCUT2D eigenvalue weighted by Crippen LogP contribution is -2.18. The number of para-hydroxylation sites is 1. The van der Waals surface area contributed by atoms with Gasteiger partial charge in [0.05, 0.1) is 11.1 Å². The summed E-state index contributed by atoms with van der Waals surface area (Å²) in [6, 6.07) is 7.64. The number of carboxylic acid groups (broad SMARTS) is 1. The number of carbonyl (C=O) groups is 1. The van der Waals surface area contributed by atoms with Crippen molar-refractivity contribution in [1.29, 1.82) is 0 Å². The van der Waals surface area contributed by atoms with Crippen molar-refractivity contribution in [1.82, 2.24) is 4.98 Å². The van der Waals surface area contributed by atoms with Gasteiger partial charge in [-0.3, -0.25) is 4.98 Å². The van der Waals surface area contributed by atoms with Crippen molar-refractivity contribution in [3.05, 3.63) is 41.6 Å². The highest BCUT2D eigenvalue weighted by Crippen LogP contribution is 2.31. The monoisotopic (exact) mass is 229 g/mol. The number of nitrogens with zero attached hydrogens (tertiary/aromatic N) is 1. The third kappa shape index (κ3) is 2.00. The van der Waals surface area contributed by atoms with Gasteiger partial charge in [-0.05, 0) is 17.0 Å². The molecular weight excluding hydrogens is 214 g/mol. The highest BCUT2D eigenvalue weighted by molar-refractivity contribution is 5.96. The van der Waals surface area contributed by atoms with Gasteiger partial charge in [-0.2, -0.15) is 0 Å². The van der Waals surface area contributed by atoms with Crippen LogP contribution in [0.2, 0.25) is 0 Å². The van der Waals surface area contributed by atoms with Crippen LogP contribution in [-0.2, 0) is 5.41 Å². The van der Waals surface area contributed by atoms with Crippen LogP contribution in [-0.4, -0.2) is 16.1 Å². The average Bonchev–Trinajstić information content (AvgIpc) is 2.26. The van der Waals surface area contributed by atoms with Crippen LogP contribution in [0.4, 0.5) is 0 Å². The zero-order chi connectivity index (χ0) is 12.6. The Kier molecular flexibility index (Phi) is 2.62. The van der Waals surface area contributed by atoms with Crippen molar-refractivity contribution in [2.24, 2.45) is 0 Å². The lowest BCUT2D eigenvalue weighted by molar-refractivity contribution is 0.0694. The normalized spacial score (nSPS) is 11.7. The molecule has 0 saturated heterocycles. The quantitative estimate of drug-likeness (QED) is 0.816. The first-order chi connectivity index (χ1) is 7.91. The molecule has 2 rings (SSSR count). The Balaban J connectivity index is 2.90. The number of rotatable bonds is 1. The third-order valence-electron chi connectivity index (χ3n) is 2.76. The predicted molar refractivity (Wildman–Crippen MR) is 67.4 cm³/mol. The minimum absolute atomic E-state index is 0.226. The van der Waals surface area contributed by atoms with Crippen molar-refractivity contribution >= 4 is 16.9 Å². The molecule has 0 aliphatic carbocycles. The van der Waals surface area contributed by atoms with E-state index in [-0.39, 0.29) is 11.0 Å². The highest BCUT2D eigenvalue weighted by atomic mass is 16.4. The summed E-state index contributed by atoms with van der Waals surface area (Å²) in [7, 11) is 0. The molecule has 0 aliphatic heterocycles. The first kappa shape index (κ1) is 11.6. The summed E-state index contributed by atoms with van der Waals surface area (Å²) in [5, 5.41) is 10.2. The van der Waals surface area contributed by atoms with Crippen LogP contribution in [0.5, 0.6) is 0 Å². The van der Waals surface area contributed by atoms with Gasteiger partial charge in [0, 0.05) is 11.6 Å². The van der Waals surface area contributed by atoms with E-state index < -0.39 is 5.97 Å². The van der Waals surface area contributed by atoms with Crippen LogP contribution in [0.15, 0.2) is 30.5 Å². The van der Waals surface area contributed by atoms with E-state index >= 15 is 0 Å². The smallest absolute Gasteiger partial charge is 0.337 e. The number of hydrogen-bond acceptors (Lipinski definition) is 2. The SMILES string of the molecule is CC(C)(C)c1c(C(=O)O)cnc2ccccc12. The molecule has 0 saturated carbocycles. The summed E-state index contributed by atoms with van der Waals surface area (Å²) in [5.74, 6) is -0.923. The summed E-state index contributed by atoms with van der Waals surface area (Å²) in [5.41, 5.74) is 1.74. The number of hydrogen-bond donors (Lipinski definition) is 1. The summed E-state index contributed by atoms with van der Waals surface area (Å²) >= 11 is 0.